The van der Waals surface area contributed by atoms with Crippen LogP contribution in [0.2, 0.25) is 0 Å². The summed E-state index contributed by atoms with van der Waals surface area (Å²) in [5.41, 5.74) is 3.76. The van der Waals surface area contributed by atoms with Crippen molar-refractivity contribution in [2.75, 3.05) is 26.4 Å². The molecular formula is C27H34O4. The smallest absolute Gasteiger partial charge is 0.122 e. The predicted molar refractivity (Wildman–Crippen MR) is 123 cm³/mol. The van der Waals surface area contributed by atoms with Crippen LogP contribution in [-0.2, 0) is 26.0 Å². The van der Waals surface area contributed by atoms with Crippen LogP contribution in [0, 0.1) is 5.92 Å². The van der Waals surface area contributed by atoms with Gasteiger partial charge in [-0.25, -0.2) is 0 Å². The molecule has 4 rings (SSSR count). The van der Waals surface area contributed by atoms with Crippen molar-refractivity contribution in [3.8, 4) is 5.75 Å². The predicted octanol–water partition coefficient (Wildman–Crippen LogP) is 5.29. The molecule has 31 heavy (non-hydrogen) atoms. The van der Waals surface area contributed by atoms with Crippen molar-refractivity contribution < 1.29 is 18.9 Å². The largest absolute Gasteiger partial charge is 0.491 e. The normalized spacial score (nSPS) is 24.6. The van der Waals surface area contributed by atoms with Crippen LogP contribution in [0.5, 0.6) is 5.75 Å². The lowest BCUT2D eigenvalue weighted by Gasteiger charge is -2.36. The number of rotatable bonds is 12. The molecule has 4 heteroatoms. The number of allylic oxidation sites excluding steroid dienone is 5. The van der Waals surface area contributed by atoms with Gasteiger partial charge in [-0.1, -0.05) is 44.2 Å². The second-order valence-corrected chi connectivity index (χ2v) is 9.20. The molecule has 2 heterocycles. The molecular weight excluding hydrogens is 388 g/mol. The summed E-state index contributed by atoms with van der Waals surface area (Å²) >= 11 is 0. The average molecular weight is 423 g/mol. The third-order valence-corrected chi connectivity index (χ3v) is 6.44. The molecule has 2 fully saturated rings. The Morgan fingerprint density at radius 2 is 1.71 bits per heavy atom. The zero-order valence-corrected chi connectivity index (χ0v) is 18.8. The van der Waals surface area contributed by atoms with Gasteiger partial charge in [-0.3, -0.25) is 0 Å². The van der Waals surface area contributed by atoms with Gasteiger partial charge in [-0.05, 0) is 59.4 Å². The molecule has 0 amide bonds. The van der Waals surface area contributed by atoms with E-state index in [1.54, 1.807) is 0 Å². The Morgan fingerprint density at radius 3 is 2.35 bits per heavy atom. The Labute approximate surface area is 186 Å². The zero-order valence-electron chi connectivity index (χ0n) is 18.8. The quantitative estimate of drug-likeness (QED) is 0.339. The second kappa shape index (κ2) is 9.46. The van der Waals surface area contributed by atoms with E-state index in [9.17, 15) is 0 Å². The van der Waals surface area contributed by atoms with E-state index < -0.39 is 0 Å². The maximum atomic E-state index is 6.04. The van der Waals surface area contributed by atoms with Gasteiger partial charge in [0.1, 0.15) is 36.9 Å². The van der Waals surface area contributed by atoms with E-state index >= 15 is 0 Å². The van der Waals surface area contributed by atoms with Gasteiger partial charge in [0.15, 0.2) is 0 Å². The van der Waals surface area contributed by atoms with Crippen LogP contribution in [0.4, 0.5) is 0 Å². The highest BCUT2D eigenvalue weighted by Gasteiger charge is 2.34. The van der Waals surface area contributed by atoms with Gasteiger partial charge in [0.05, 0.1) is 13.2 Å². The van der Waals surface area contributed by atoms with Crippen molar-refractivity contribution in [1.29, 1.82) is 0 Å². The minimum absolute atomic E-state index is 0.0396. The van der Waals surface area contributed by atoms with E-state index in [0.29, 0.717) is 19.1 Å². The monoisotopic (exact) mass is 422 g/mol. The lowest BCUT2D eigenvalue weighted by molar-refractivity contribution is 0.185. The maximum Gasteiger partial charge on any atom is 0.122 e. The fourth-order valence-corrected chi connectivity index (χ4v) is 4.10. The summed E-state index contributed by atoms with van der Waals surface area (Å²) in [7, 11) is 0. The molecule has 2 saturated heterocycles. The standard InChI is InChI=1S/C27H34O4/c1-5-7-19-13-21(9-11-25(19)30-17-23-15-28-23)27(3,4)22-10-12-26(20(14-22)8-6-2)31-18-24-16-29-24/h5-6,9-13,22-24H,1-2,7-8,14-18H2,3-4H3. The Morgan fingerprint density at radius 1 is 1.03 bits per heavy atom. The van der Waals surface area contributed by atoms with Gasteiger partial charge in [-0.2, -0.15) is 0 Å². The molecule has 0 bridgehead atoms. The Balaban J connectivity index is 1.51. The minimum Gasteiger partial charge on any atom is -0.491 e. The minimum atomic E-state index is -0.0396. The molecule has 4 nitrogen and oxygen atoms in total. The van der Waals surface area contributed by atoms with Crippen molar-refractivity contribution >= 4 is 0 Å². The average Bonchev–Trinajstić information content (AvgIpc) is 3.67. The first-order valence-electron chi connectivity index (χ1n) is 11.3. The Hall–Kier alpha value is -2.30. The van der Waals surface area contributed by atoms with Crippen molar-refractivity contribution in [2.24, 2.45) is 5.92 Å². The fourth-order valence-electron chi connectivity index (χ4n) is 4.10. The summed E-state index contributed by atoms with van der Waals surface area (Å²) in [4.78, 5) is 0. The van der Waals surface area contributed by atoms with Crippen LogP contribution in [0.15, 0.2) is 67.0 Å². The molecule has 1 aliphatic carbocycles. The highest BCUT2D eigenvalue weighted by Crippen LogP contribution is 2.42. The van der Waals surface area contributed by atoms with Crippen molar-refractivity contribution in [1.82, 2.24) is 0 Å². The van der Waals surface area contributed by atoms with Crippen LogP contribution in [0.3, 0.4) is 0 Å². The number of hydrogen-bond donors (Lipinski definition) is 0. The zero-order chi connectivity index (χ0) is 21.8. The number of ether oxygens (including phenoxy) is 4. The number of hydrogen-bond acceptors (Lipinski definition) is 4. The first-order chi connectivity index (χ1) is 15.0. The van der Waals surface area contributed by atoms with E-state index in [-0.39, 0.29) is 17.6 Å². The first kappa shape index (κ1) is 21.9. The molecule has 0 saturated carbocycles. The van der Waals surface area contributed by atoms with Gasteiger partial charge < -0.3 is 18.9 Å². The molecule has 1 aromatic rings. The summed E-state index contributed by atoms with van der Waals surface area (Å²) in [5.74, 6) is 2.29. The van der Waals surface area contributed by atoms with Crippen molar-refractivity contribution in [2.45, 2.75) is 50.7 Å². The maximum absolute atomic E-state index is 6.04. The lowest BCUT2D eigenvalue weighted by atomic mass is 9.69. The van der Waals surface area contributed by atoms with Gasteiger partial charge in [0.25, 0.3) is 0 Å². The van der Waals surface area contributed by atoms with E-state index in [1.807, 2.05) is 12.2 Å². The van der Waals surface area contributed by atoms with Crippen molar-refractivity contribution in [3.05, 3.63) is 78.1 Å². The van der Waals surface area contributed by atoms with Gasteiger partial charge in [-0.15, -0.1) is 13.2 Å². The van der Waals surface area contributed by atoms with Crippen LogP contribution in [0.1, 0.15) is 37.8 Å². The fraction of sp³-hybridized carbons (Fsp3) is 0.481. The van der Waals surface area contributed by atoms with Crippen LogP contribution < -0.4 is 4.74 Å². The Kier molecular flexibility index (Phi) is 6.68. The SMILES string of the molecule is C=CCC1=C(OCC2CO2)C=CC(C(C)(C)c2ccc(OCC3CO3)c(CC=C)c2)C1. The van der Waals surface area contributed by atoms with Crippen LogP contribution in [0.25, 0.3) is 0 Å². The third kappa shape index (κ3) is 5.50. The molecule has 0 radical (unpaired) electrons. The van der Waals surface area contributed by atoms with E-state index in [0.717, 1.165) is 44.0 Å². The van der Waals surface area contributed by atoms with E-state index in [4.69, 9.17) is 18.9 Å². The Bertz CT molecular complexity index is 871. The molecule has 3 aliphatic rings. The molecule has 3 unspecified atom stereocenters. The van der Waals surface area contributed by atoms with Crippen LogP contribution >= 0.6 is 0 Å². The molecule has 2 aliphatic heterocycles. The molecule has 1 aromatic carbocycles. The molecule has 166 valence electrons. The van der Waals surface area contributed by atoms with Crippen LogP contribution in [-0.4, -0.2) is 38.6 Å². The highest BCUT2D eigenvalue weighted by molar-refractivity contribution is 5.42. The number of benzene rings is 1. The molecule has 0 aromatic heterocycles. The summed E-state index contributed by atoms with van der Waals surface area (Å²) in [5, 5.41) is 0. The molecule has 0 spiro atoms. The number of epoxide rings is 2. The summed E-state index contributed by atoms with van der Waals surface area (Å²) in [6.45, 7) is 15.4. The topological polar surface area (TPSA) is 43.5 Å². The molecule has 0 N–H and O–H groups in total. The van der Waals surface area contributed by atoms with E-state index in [2.05, 4.69) is 57.4 Å². The third-order valence-electron chi connectivity index (χ3n) is 6.44. The summed E-state index contributed by atoms with van der Waals surface area (Å²) in [6.07, 6.45) is 11.5. The summed E-state index contributed by atoms with van der Waals surface area (Å²) < 4.78 is 22.6. The summed E-state index contributed by atoms with van der Waals surface area (Å²) in [6, 6.07) is 6.60. The molecule has 3 atom stereocenters. The van der Waals surface area contributed by atoms with Gasteiger partial charge in [0, 0.05) is 0 Å². The van der Waals surface area contributed by atoms with E-state index in [1.165, 1.54) is 16.7 Å². The second-order valence-electron chi connectivity index (χ2n) is 9.20. The van der Waals surface area contributed by atoms with Gasteiger partial charge >= 0.3 is 0 Å². The van der Waals surface area contributed by atoms with Gasteiger partial charge in [0.2, 0.25) is 0 Å². The highest BCUT2D eigenvalue weighted by atomic mass is 16.6. The lowest BCUT2D eigenvalue weighted by Crippen LogP contribution is -2.29. The van der Waals surface area contributed by atoms with Crippen molar-refractivity contribution in [3.63, 3.8) is 0 Å². The first-order valence-corrected chi connectivity index (χ1v) is 11.3.